The van der Waals surface area contributed by atoms with Gasteiger partial charge in [-0.25, -0.2) is 0 Å². The molecule has 1 aliphatic rings. The van der Waals surface area contributed by atoms with Crippen LogP contribution in [0.25, 0.3) is 0 Å². The summed E-state index contributed by atoms with van der Waals surface area (Å²) < 4.78 is 5.48. The average molecular weight is 191 g/mol. The molecular formula is C5H17NOSi3. The largest absolute Gasteiger partial charge is 0.428 e. The van der Waals surface area contributed by atoms with Crippen LogP contribution in [0.4, 0.5) is 0 Å². The van der Waals surface area contributed by atoms with E-state index in [0.29, 0.717) is 8.55 Å². The molecule has 0 saturated carbocycles. The summed E-state index contributed by atoms with van der Waals surface area (Å²) >= 11 is 0. The first-order valence-corrected chi connectivity index (χ1v) is 13.5. The Morgan fingerprint density at radius 1 is 1.70 bits per heavy atom. The molecule has 0 spiro atoms. The lowest BCUT2D eigenvalue weighted by Gasteiger charge is -2.20. The van der Waals surface area contributed by atoms with Gasteiger partial charge in [0.25, 0.3) is 0 Å². The van der Waals surface area contributed by atoms with Gasteiger partial charge in [-0.05, 0) is 19.0 Å². The fourth-order valence-corrected chi connectivity index (χ4v) is 17.3. The minimum absolute atomic E-state index is 0.0712. The normalized spacial score (nSPS) is 31.5. The molecule has 0 bridgehead atoms. The van der Waals surface area contributed by atoms with E-state index in [9.17, 15) is 0 Å². The highest BCUT2D eigenvalue weighted by Crippen LogP contribution is 1.94. The Morgan fingerprint density at radius 3 is 3.20 bits per heavy atom. The SMILES string of the molecule is CCCN[SiH]1CCO[SiH2][SiH2]1. The van der Waals surface area contributed by atoms with Crippen molar-refractivity contribution in [3.8, 4) is 0 Å². The predicted octanol–water partition coefficient (Wildman–Crippen LogP) is -1.60. The van der Waals surface area contributed by atoms with E-state index in [1.54, 1.807) is 0 Å². The third-order valence-electron chi connectivity index (χ3n) is 1.90. The Morgan fingerprint density at radius 2 is 2.60 bits per heavy atom. The minimum atomic E-state index is -0.318. The van der Waals surface area contributed by atoms with Gasteiger partial charge >= 0.3 is 0 Å². The smallest absolute Gasteiger partial charge is 0.142 e. The Hall–Kier alpha value is 0.571. The highest BCUT2D eigenvalue weighted by molar-refractivity contribution is 7.34. The molecule has 5 heteroatoms. The van der Waals surface area contributed by atoms with Gasteiger partial charge in [0.15, 0.2) is 0 Å². The predicted molar refractivity (Wildman–Crippen MR) is 53.3 cm³/mol. The highest BCUT2D eigenvalue weighted by Gasteiger charge is 2.14. The molecule has 60 valence electrons. The summed E-state index contributed by atoms with van der Waals surface area (Å²) in [6.45, 7) is 4.63. The van der Waals surface area contributed by atoms with Crippen LogP contribution in [-0.2, 0) is 4.43 Å². The van der Waals surface area contributed by atoms with Gasteiger partial charge in [-0.2, -0.15) is 0 Å². The van der Waals surface area contributed by atoms with E-state index >= 15 is 0 Å². The van der Waals surface area contributed by atoms with E-state index in [4.69, 9.17) is 4.43 Å². The lowest BCUT2D eigenvalue weighted by atomic mass is 10.5. The van der Waals surface area contributed by atoms with Crippen molar-refractivity contribution in [2.45, 2.75) is 19.4 Å². The molecule has 0 aromatic rings. The maximum Gasteiger partial charge on any atom is 0.142 e. The van der Waals surface area contributed by atoms with Crippen molar-refractivity contribution < 1.29 is 4.43 Å². The van der Waals surface area contributed by atoms with Crippen LogP contribution in [-0.4, -0.2) is 39.5 Å². The molecule has 1 atom stereocenters. The van der Waals surface area contributed by atoms with E-state index in [1.807, 2.05) is 0 Å². The van der Waals surface area contributed by atoms with Gasteiger partial charge in [0, 0.05) is 6.61 Å². The van der Waals surface area contributed by atoms with E-state index in [0.717, 1.165) is 6.61 Å². The number of hydrogen-bond acceptors (Lipinski definition) is 2. The van der Waals surface area contributed by atoms with Crippen LogP contribution in [0.5, 0.6) is 0 Å². The third kappa shape index (κ3) is 3.11. The topological polar surface area (TPSA) is 21.3 Å². The molecule has 1 N–H and O–H groups in total. The van der Waals surface area contributed by atoms with Crippen LogP contribution in [0.1, 0.15) is 13.3 Å². The number of hydrogen-bond donors (Lipinski definition) is 1. The Bertz CT molecular complexity index is 87.0. The average Bonchev–Trinajstić information content (AvgIpc) is 2.03. The van der Waals surface area contributed by atoms with Crippen molar-refractivity contribution >= 4 is 26.3 Å². The first kappa shape index (κ1) is 8.67. The molecule has 0 radical (unpaired) electrons. The van der Waals surface area contributed by atoms with Gasteiger partial charge in [0.2, 0.25) is 0 Å². The molecule has 1 saturated heterocycles. The molecule has 0 amide bonds. The van der Waals surface area contributed by atoms with Crippen LogP contribution >= 0.6 is 0 Å². The second kappa shape index (κ2) is 5.25. The molecule has 0 aromatic heterocycles. The zero-order chi connectivity index (χ0) is 7.23. The highest BCUT2D eigenvalue weighted by atomic mass is 29.6. The lowest BCUT2D eigenvalue weighted by molar-refractivity contribution is 0.366. The first-order chi connectivity index (χ1) is 4.93. The Labute approximate surface area is 68.8 Å². The van der Waals surface area contributed by atoms with E-state index in [1.165, 1.54) is 19.0 Å². The summed E-state index contributed by atoms with van der Waals surface area (Å²) in [5.74, 6) is 0. The summed E-state index contributed by atoms with van der Waals surface area (Å²) in [5, 5.41) is 0. The van der Waals surface area contributed by atoms with Crippen molar-refractivity contribution in [1.29, 1.82) is 0 Å². The summed E-state index contributed by atoms with van der Waals surface area (Å²) in [4.78, 5) is 3.73. The fraction of sp³-hybridized carbons (Fsp3) is 1.00. The van der Waals surface area contributed by atoms with Gasteiger partial charge in [-0.1, -0.05) is 6.92 Å². The van der Waals surface area contributed by atoms with E-state index < -0.39 is 0 Å². The van der Waals surface area contributed by atoms with E-state index in [2.05, 4.69) is 11.9 Å². The van der Waals surface area contributed by atoms with Crippen LogP contribution < -0.4 is 4.98 Å². The molecule has 1 rings (SSSR count). The quantitative estimate of drug-likeness (QED) is 0.543. The first-order valence-electron chi connectivity index (χ1n) is 4.24. The third-order valence-corrected chi connectivity index (χ3v) is 19.4. The van der Waals surface area contributed by atoms with Crippen molar-refractivity contribution in [2.24, 2.45) is 0 Å². The van der Waals surface area contributed by atoms with Crippen molar-refractivity contribution in [2.75, 3.05) is 13.2 Å². The maximum atomic E-state index is 5.48. The van der Waals surface area contributed by atoms with Gasteiger partial charge < -0.3 is 9.41 Å². The van der Waals surface area contributed by atoms with Crippen LogP contribution in [0.3, 0.4) is 0 Å². The molecule has 1 fully saturated rings. The molecule has 2 nitrogen and oxygen atoms in total. The molecule has 0 aliphatic carbocycles. The minimum Gasteiger partial charge on any atom is -0.428 e. The molecule has 1 heterocycles. The zero-order valence-electron chi connectivity index (χ0n) is 6.73. The number of rotatable bonds is 3. The standard InChI is InChI=1S/C5H17NOSi3/c1-2-3-6-10-5-4-7-8-9-10/h6,10H,2-5,8-9H2,1H3. The van der Waals surface area contributed by atoms with Crippen molar-refractivity contribution in [3.05, 3.63) is 0 Å². The van der Waals surface area contributed by atoms with Crippen molar-refractivity contribution in [1.82, 2.24) is 4.98 Å². The summed E-state index contributed by atoms with van der Waals surface area (Å²) in [5.41, 5.74) is 0. The summed E-state index contributed by atoms with van der Waals surface area (Å²) in [7, 11) is 0.0996. The van der Waals surface area contributed by atoms with Gasteiger partial charge in [0.1, 0.15) is 9.28 Å². The monoisotopic (exact) mass is 191 g/mol. The summed E-state index contributed by atoms with van der Waals surface area (Å²) in [6.07, 6.45) is 1.31. The maximum absolute atomic E-state index is 5.48. The second-order valence-corrected chi connectivity index (χ2v) is 17.7. The molecular weight excluding hydrogens is 174 g/mol. The number of nitrogens with one attached hydrogen (secondary N) is 1. The van der Waals surface area contributed by atoms with Gasteiger partial charge in [-0.3, -0.25) is 0 Å². The molecule has 1 unspecified atom stereocenters. The second-order valence-electron chi connectivity index (χ2n) is 2.84. The Balaban J connectivity index is 2.02. The van der Waals surface area contributed by atoms with Crippen LogP contribution in [0.15, 0.2) is 0 Å². The zero-order valence-corrected chi connectivity index (χ0v) is 10.7. The molecule has 1 aliphatic heterocycles. The summed E-state index contributed by atoms with van der Waals surface area (Å²) in [6, 6.07) is 1.43. The van der Waals surface area contributed by atoms with Crippen LogP contribution in [0.2, 0.25) is 6.04 Å². The molecule has 0 aromatic carbocycles. The van der Waals surface area contributed by atoms with Gasteiger partial charge in [0.05, 0.1) is 17.0 Å². The lowest BCUT2D eigenvalue weighted by Crippen LogP contribution is -2.47. The Kier molecular flexibility index (Phi) is 4.55. The van der Waals surface area contributed by atoms with E-state index in [-0.39, 0.29) is 17.8 Å². The van der Waals surface area contributed by atoms with Gasteiger partial charge in [-0.15, -0.1) is 0 Å². The van der Waals surface area contributed by atoms with Crippen molar-refractivity contribution in [3.63, 3.8) is 0 Å². The van der Waals surface area contributed by atoms with Crippen LogP contribution in [0, 0.1) is 0 Å². The fourth-order valence-electron chi connectivity index (χ4n) is 1.25. The molecule has 10 heavy (non-hydrogen) atoms.